The molecule has 1 aliphatic rings. The predicted molar refractivity (Wildman–Crippen MR) is 71.9 cm³/mol. The van der Waals surface area contributed by atoms with Crippen molar-refractivity contribution in [3.05, 3.63) is 29.3 Å². The third-order valence-electron chi connectivity index (χ3n) is 3.32. The lowest BCUT2D eigenvalue weighted by Crippen LogP contribution is -2.43. The number of hydrogen-bond acceptors (Lipinski definition) is 4. The van der Waals surface area contributed by atoms with Gasteiger partial charge in [-0.1, -0.05) is 6.07 Å². The van der Waals surface area contributed by atoms with Crippen molar-refractivity contribution < 1.29 is 9.47 Å². The molecule has 1 aliphatic heterocycles. The van der Waals surface area contributed by atoms with E-state index < -0.39 is 0 Å². The Labute approximate surface area is 109 Å². The van der Waals surface area contributed by atoms with E-state index in [1.165, 1.54) is 11.1 Å². The van der Waals surface area contributed by atoms with Crippen molar-refractivity contribution in [2.24, 2.45) is 0 Å². The summed E-state index contributed by atoms with van der Waals surface area (Å²) < 4.78 is 10.5. The molecule has 1 aromatic carbocycles. The molecule has 0 bridgehead atoms. The molecular formula is C14H22N2O2. The molecule has 0 aliphatic carbocycles. The summed E-state index contributed by atoms with van der Waals surface area (Å²) in [7, 11) is 3.43. The van der Waals surface area contributed by atoms with E-state index in [-0.39, 0.29) is 0 Å². The standard InChI is InChI=1S/C14H22N2O2/c1-17-11-13-9-14(18-2)4-3-12(13)10-16-7-5-15-6-8-16/h3-4,9,15H,5-8,10-11H2,1-2H3. The molecule has 0 amide bonds. The first-order valence-electron chi connectivity index (χ1n) is 6.41. The highest BCUT2D eigenvalue weighted by atomic mass is 16.5. The molecule has 100 valence electrons. The van der Waals surface area contributed by atoms with Gasteiger partial charge < -0.3 is 14.8 Å². The fourth-order valence-corrected chi connectivity index (χ4v) is 2.28. The number of piperazine rings is 1. The topological polar surface area (TPSA) is 33.7 Å². The quantitative estimate of drug-likeness (QED) is 0.852. The van der Waals surface area contributed by atoms with E-state index in [2.05, 4.69) is 22.3 Å². The first kappa shape index (κ1) is 13.3. The summed E-state index contributed by atoms with van der Waals surface area (Å²) in [4.78, 5) is 2.47. The van der Waals surface area contributed by atoms with Gasteiger partial charge >= 0.3 is 0 Å². The van der Waals surface area contributed by atoms with Gasteiger partial charge in [0.15, 0.2) is 0 Å². The maximum absolute atomic E-state index is 5.27. The lowest BCUT2D eigenvalue weighted by Gasteiger charge is -2.28. The molecule has 4 nitrogen and oxygen atoms in total. The first-order chi connectivity index (χ1) is 8.83. The van der Waals surface area contributed by atoms with Crippen LogP contribution in [0.25, 0.3) is 0 Å². The van der Waals surface area contributed by atoms with Gasteiger partial charge in [-0.2, -0.15) is 0 Å². The molecule has 0 unspecified atom stereocenters. The lowest BCUT2D eigenvalue weighted by molar-refractivity contribution is 0.180. The minimum absolute atomic E-state index is 0.638. The van der Waals surface area contributed by atoms with Gasteiger partial charge in [-0.25, -0.2) is 0 Å². The van der Waals surface area contributed by atoms with Gasteiger partial charge in [-0.3, -0.25) is 4.90 Å². The van der Waals surface area contributed by atoms with E-state index in [0.717, 1.165) is 38.5 Å². The molecule has 0 aromatic heterocycles. The number of methoxy groups -OCH3 is 2. The Morgan fingerprint density at radius 2 is 1.94 bits per heavy atom. The number of ether oxygens (including phenoxy) is 2. The van der Waals surface area contributed by atoms with Crippen LogP contribution in [0, 0.1) is 0 Å². The molecule has 18 heavy (non-hydrogen) atoms. The van der Waals surface area contributed by atoms with E-state index >= 15 is 0 Å². The van der Waals surface area contributed by atoms with Crippen molar-refractivity contribution in [1.29, 1.82) is 0 Å². The Bertz CT molecular complexity index is 376. The summed E-state index contributed by atoms with van der Waals surface area (Å²) in [6.07, 6.45) is 0. The van der Waals surface area contributed by atoms with Gasteiger partial charge in [0.25, 0.3) is 0 Å². The summed E-state index contributed by atoms with van der Waals surface area (Å²) >= 11 is 0. The van der Waals surface area contributed by atoms with Crippen LogP contribution in [-0.4, -0.2) is 45.3 Å². The molecular weight excluding hydrogens is 228 g/mol. The van der Waals surface area contributed by atoms with Crippen molar-refractivity contribution in [2.45, 2.75) is 13.2 Å². The number of benzene rings is 1. The van der Waals surface area contributed by atoms with E-state index in [1.54, 1.807) is 14.2 Å². The van der Waals surface area contributed by atoms with Crippen molar-refractivity contribution in [3.8, 4) is 5.75 Å². The van der Waals surface area contributed by atoms with E-state index in [1.807, 2.05) is 6.07 Å². The zero-order valence-electron chi connectivity index (χ0n) is 11.2. The smallest absolute Gasteiger partial charge is 0.119 e. The maximum Gasteiger partial charge on any atom is 0.119 e. The van der Waals surface area contributed by atoms with Gasteiger partial charge in [0.1, 0.15) is 5.75 Å². The van der Waals surface area contributed by atoms with Crippen LogP contribution < -0.4 is 10.1 Å². The number of nitrogens with zero attached hydrogens (tertiary/aromatic N) is 1. The largest absolute Gasteiger partial charge is 0.497 e. The molecule has 4 heteroatoms. The van der Waals surface area contributed by atoms with Gasteiger partial charge in [-0.05, 0) is 23.3 Å². The molecule has 1 heterocycles. The van der Waals surface area contributed by atoms with Crippen LogP contribution in [0.4, 0.5) is 0 Å². The maximum atomic E-state index is 5.27. The Kier molecular flexibility index (Phi) is 4.99. The summed E-state index contributed by atoms with van der Waals surface area (Å²) in [5, 5.41) is 3.37. The normalized spacial score (nSPS) is 16.8. The molecule has 1 saturated heterocycles. The predicted octanol–water partition coefficient (Wildman–Crippen LogP) is 1.25. The second-order valence-corrected chi connectivity index (χ2v) is 4.59. The summed E-state index contributed by atoms with van der Waals surface area (Å²) in [5.74, 6) is 0.895. The zero-order valence-corrected chi connectivity index (χ0v) is 11.2. The molecule has 0 atom stereocenters. The number of rotatable bonds is 5. The van der Waals surface area contributed by atoms with Gasteiger partial charge in [0, 0.05) is 39.8 Å². The average Bonchev–Trinajstić information content (AvgIpc) is 2.42. The SMILES string of the molecule is COCc1cc(OC)ccc1CN1CCNCC1. The van der Waals surface area contributed by atoms with Crippen LogP contribution >= 0.6 is 0 Å². The minimum atomic E-state index is 0.638. The Morgan fingerprint density at radius 3 is 2.61 bits per heavy atom. The van der Waals surface area contributed by atoms with Crippen LogP contribution in [0.5, 0.6) is 5.75 Å². The van der Waals surface area contributed by atoms with Gasteiger partial charge in [0.2, 0.25) is 0 Å². The number of nitrogens with one attached hydrogen (secondary N) is 1. The highest BCUT2D eigenvalue weighted by Crippen LogP contribution is 2.20. The van der Waals surface area contributed by atoms with Crippen molar-refractivity contribution >= 4 is 0 Å². The highest BCUT2D eigenvalue weighted by Gasteiger charge is 2.12. The van der Waals surface area contributed by atoms with Crippen LogP contribution in [0.15, 0.2) is 18.2 Å². The first-order valence-corrected chi connectivity index (χ1v) is 6.41. The monoisotopic (exact) mass is 250 g/mol. The molecule has 1 N–H and O–H groups in total. The average molecular weight is 250 g/mol. The van der Waals surface area contributed by atoms with Crippen LogP contribution in [0.2, 0.25) is 0 Å². The highest BCUT2D eigenvalue weighted by molar-refractivity contribution is 5.35. The molecule has 2 rings (SSSR count). The molecule has 0 spiro atoms. The Hall–Kier alpha value is -1.10. The van der Waals surface area contributed by atoms with Crippen molar-refractivity contribution in [2.75, 3.05) is 40.4 Å². The van der Waals surface area contributed by atoms with E-state index in [4.69, 9.17) is 9.47 Å². The second-order valence-electron chi connectivity index (χ2n) is 4.59. The zero-order chi connectivity index (χ0) is 12.8. The third-order valence-corrected chi connectivity index (χ3v) is 3.32. The fourth-order valence-electron chi connectivity index (χ4n) is 2.28. The van der Waals surface area contributed by atoms with Crippen LogP contribution in [-0.2, 0) is 17.9 Å². The second kappa shape index (κ2) is 6.73. The minimum Gasteiger partial charge on any atom is -0.497 e. The Balaban J connectivity index is 2.09. The van der Waals surface area contributed by atoms with Gasteiger partial charge in [-0.15, -0.1) is 0 Å². The lowest BCUT2D eigenvalue weighted by atomic mass is 10.1. The van der Waals surface area contributed by atoms with Crippen molar-refractivity contribution in [3.63, 3.8) is 0 Å². The Morgan fingerprint density at radius 1 is 1.17 bits per heavy atom. The third kappa shape index (κ3) is 3.45. The van der Waals surface area contributed by atoms with Gasteiger partial charge in [0.05, 0.1) is 13.7 Å². The van der Waals surface area contributed by atoms with E-state index in [0.29, 0.717) is 6.61 Å². The summed E-state index contributed by atoms with van der Waals surface area (Å²) in [5.41, 5.74) is 2.55. The van der Waals surface area contributed by atoms with E-state index in [9.17, 15) is 0 Å². The van der Waals surface area contributed by atoms with Crippen LogP contribution in [0.1, 0.15) is 11.1 Å². The van der Waals surface area contributed by atoms with Crippen molar-refractivity contribution in [1.82, 2.24) is 10.2 Å². The molecule has 0 radical (unpaired) electrons. The fraction of sp³-hybridized carbons (Fsp3) is 0.571. The molecule has 1 fully saturated rings. The molecule has 0 saturated carbocycles. The molecule has 1 aromatic rings. The van der Waals surface area contributed by atoms with Crippen LogP contribution in [0.3, 0.4) is 0 Å². The number of hydrogen-bond donors (Lipinski definition) is 1. The summed E-state index contributed by atoms with van der Waals surface area (Å²) in [6, 6.07) is 6.24. The summed E-state index contributed by atoms with van der Waals surface area (Å²) in [6.45, 7) is 6.01.